The summed E-state index contributed by atoms with van der Waals surface area (Å²) < 4.78 is 5.30. The number of aliphatic hydroxyl groups is 1. The third kappa shape index (κ3) is 3.44. The van der Waals surface area contributed by atoms with Gasteiger partial charge in [-0.25, -0.2) is 4.98 Å². The van der Waals surface area contributed by atoms with E-state index >= 15 is 0 Å². The highest BCUT2D eigenvalue weighted by atomic mass is 16.5. The van der Waals surface area contributed by atoms with Crippen LogP contribution in [0.25, 0.3) is 11.5 Å². The molecule has 6 heteroatoms. The first kappa shape index (κ1) is 15.0. The topological polar surface area (TPSA) is 75.3 Å². The lowest BCUT2D eigenvalue weighted by Crippen LogP contribution is -2.38. The highest BCUT2D eigenvalue weighted by Gasteiger charge is 2.19. The number of pyridine rings is 1. The number of aliphatic hydroxyl groups excluding tert-OH is 1. The molecule has 1 unspecified atom stereocenters. The molecule has 1 aliphatic heterocycles. The van der Waals surface area contributed by atoms with Gasteiger partial charge < -0.3 is 14.5 Å². The number of anilines is 1. The summed E-state index contributed by atoms with van der Waals surface area (Å²) in [5, 5.41) is 13.7. The van der Waals surface area contributed by atoms with Crippen LogP contribution in [0.5, 0.6) is 0 Å². The first-order valence-electron chi connectivity index (χ1n) is 7.84. The van der Waals surface area contributed by atoms with Gasteiger partial charge in [-0.1, -0.05) is 19.0 Å². The molecule has 2 aromatic rings. The molecule has 3 heterocycles. The molecule has 118 valence electrons. The van der Waals surface area contributed by atoms with Crippen molar-refractivity contribution in [3.8, 4) is 11.5 Å². The summed E-state index contributed by atoms with van der Waals surface area (Å²) in [6.45, 7) is 5.83. The summed E-state index contributed by atoms with van der Waals surface area (Å²) in [4.78, 5) is 11.0. The molecule has 1 fully saturated rings. The lowest BCUT2D eigenvalue weighted by atomic mass is 10.1. The molecule has 0 saturated carbocycles. The Balaban J connectivity index is 1.72. The molecule has 0 aliphatic carbocycles. The molecule has 3 rings (SSSR count). The summed E-state index contributed by atoms with van der Waals surface area (Å²) in [6, 6.07) is 3.88. The van der Waals surface area contributed by atoms with E-state index in [0.717, 1.165) is 43.0 Å². The summed E-state index contributed by atoms with van der Waals surface area (Å²) in [6.07, 6.45) is 4.16. The number of hydrogen-bond donors (Lipinski definition) is 1. The molecular weight excluding hydrogens is 280 g/mol. The third-order valence-corrected chi connectivity index (χ3v) is 3.77. The number of piperidine rings is 1. The van der Waals surface area contributed by atoms with Crippen molar-refractivity contribution >= 4 is 5.82 Å². The SMILES string of the molecule is CC(C)Cc1noc(-c2ccc(N3CCCC(O)C3)nc2)n1. The first-order valence-corrected chi connectivity index (χ1v) is 7.84. The van der Waals surface area contributed by atoms with Gasteiger partial charge in [0.15, 0.2) is 5.82 Å². The number of β-amino-alcohol motifs (C(OH)–C–C–N with tert-alkyl or cyclic N) is 1. The largest absolute Gasteiger partial charge is 0.391 e. The maximum Gasteiger partial charge on any atom is 0.259 e. The molecule has 0 bridgehead atoms. The van der Waals surface area contributed by atoms with Crippen LogP contribution in [0.1, 0.15) is 32.5 Å². The molecule has 0 amide bonds. The molecular formula is C16H22N4O2. The molecule has 1 N–H and O–H groups in total. The first-order chi connectivity index (χ1) is 10.6. The number of nitrogens with zero attached hydrogens (tertiary/aromatic N) is 4. The van der Waals surface area contributed by atoms with Gasteiger partial charge in [0.05, 0.1) is 11.7 Å². The fourth-order valence-corrected chi connectivity index (χ4v) is 2.68. The van der Waals surface area contributed by atoms with Crippen LogP contribution in [0.2, 0.25) is 0 Å². The van der Waals surface area contributed by atoms with E-state index < -0.39 is 0 Å². The van der Waals surface area contributed by atoms with Crippen LogP contribution < -0.4 is 4.90 Å². The van der Waals surface area contributed by atoms with Crippen LogP contribution in [-0.2, 0) is 6.42 Å². The predicted octanol–water partition coefficient (Wildman–Crippen LogP) is 2.29. The van der Waals surface area contributed by atoms with E-state index in [-0.39, 0.29) is 6.10 Å². The summed E-state index contributed by atoms with van der Waals surface area (Å²) in [5.41, 5.74) is 0.823. The van der Waals surface area contributed by atoms with Crippen LogP contribution in [-0.4, -0.2) is 39.4 Å². The van der Waals surface area contributed by atoms with E-state index in [1.807, 2.05) is 12.1 Å². The van der Waals surface area contributed by atoms with Crippen molar-refractivity contribution in [1.29, 1.82) is 0 Å². The van der Waals surface area contributed by atoms with Gasteiger partial charge >= 0.3 is 0 Å². The fourth-order valence-electron chi connectivity index (χ4n) is 2.68. The van der Waals surface area contributed by atoms with E-state index in [4.69, 9.17) is 4.52 Å². The average Bonchev–Trinajstić information content (AvgIpc) is 2.95. The van der Waals surface area contributed by atoms with E-state index in [0.29, 0.717) is 18.4 Å². The lowest BCUT2D eigenvalue weighted by molar-refractivity contribution is 0.154. The zero-order valence-electron chi connectivity index (χ0n) is 13.1. The molecule has 1 aliphatic rings. The summed E-state index contributed by atoms with van der Waals surface area (Å²) in [7, 11) is 0. The van der Waals surface area contributed by atoms with Gasteiger partial charge in [-0.05, 0) is 30.9 Å². The van der Waals surface area contributed by atoms with Gasteiger partial charge in [-0.3, -0.25) is 0 Å². The highest BCUT2D eigenvalue weighted by Crippen LogP contribution is 2.22. The van der Waals surface area contributed by atoms with Crippen molar-refractivity contribution in [3.05, 3.63) is 24.2 Å². The Labute approximate surface area is 130 Å². The van der Waals surface area contributed by atoms with Crippen LogP contribution in [0.4, 0.5) is 5.82 Å². The second-order valence-electron chi connectivity index (χ2n) is 6.26. The maximum atomic E-state index is 9.75. The smallest absolute Gasteiger partial charge is 0.259 e. The normalized spacial score (nSPS) is 18.9. The quantitative estimate of drug-likeness (QED) is 0.934. The molecule has 1 atom stereocenters. The van der Waals surface area contributed by atoms with Crippen molar-refractivity contribution in [2.45, 2.75) is 39.2 Å². The minimum absolute atomic E-state index is 0.259. The van der Waals surface area contributed by atoms with Crippen LogP contribution in [0.3, 0.4) is 0 Å². The molecule has 0 radical (unpaired) electrons. The van der Waals surface area contributed by atoms with Gasteiger partial charge in [-0.15, -0.1) is 0 Å². The highest BCUT2D eigenvalue weighted by molar-refractivity contribution is 5.54. The molecule has 6 nitrogen and oxygen atoms in total. The van der Waals surface area contributed by atoms with E-state index in [9.17, 15) is 5.11 Å². The monoisotopic (exact) mass is 302 g/mol. The predicted molar refractivity (Wildman–Crippen MR) is 83.5 cm³/mol. The minimum atomic E-state index is -0.259. The Morgan fingerprint density at radius 1 is 1.41 bits per heavy atom. The van der Waals surface area contributed by atoms with E-state index in [2.05, 4.69) is 33.9 Å². The second kappa shape index (κ2) is 6.44. The zero-order valence-corrected chi connectivity index (χ0v) is 13.1. The Bertz CT molecular complexity index is 609. The van der Waals surface area contributed by atoms with Gasteiger partial charge in [0.25, 0.3) is 5.89 Å². The van der Waals surface area contributed by atoms with Gasteiger partial charge in [0.1, 0.15) is 5.82 Å². The zero-order chi connectivity index (χ0) is 15.5. The van der Waals surface area contributed by atoms with Crippen molar-refractivity contribution in [2.75, 3.05) is 18.0 Å². The molecule has 1 saturated heterocycles. The second-order valence-corrected chi connectivity index (χ2v) is 6.26. The van der Waals surface area contributed by atoms with Crippen molar-refractivity contribution in [2.24, 2.45) is 5.92 Å². The average molecular weight is 302 g/mol. The molecule has 22 heavy (non-hydrogen) atoms. The fraction of sp³-hybridized carbons (Fsp3) is 0.562. The molecule has 0 spiro atoms. The Morgan fingerprint density at radius 3 is 2.95 bits per heavy atom. The number of rotatable bonds is 4. The number of aromatic nitrogens is 3. The molecule has 2 aromatic heterocycles. The third-order valence-electron chi connectivity index (χ3n) is 3.77. The van der Waals surface area contributed by atoms with Gasteiger partial charge in [-0.2, -0.15) is 4.98 Å². The van der Waals surface area contributed by atoms with Crippen molar-refractivity contribution < 1.29 is 9.63 Å². The Hall–Kier alpha value is -1.95. The van der Waals surface area contributed by atoms with Gasteiger partial charge in [0, 0.05) is 25.7 Å². The van der Waals surface area contributed by atoms with E-state index in [1.165, 1.54) is 0 Å². The van der Waals surface area contributed by atoms with E-state index in [1.54, 1.807) is 6.20 Å². The minimum Gasteiger partial charge on any atom is -0.391 e. The maximum absolute atomic E-state index is 9.75. The summed E-state index contributed by atoms with van der Waals surface area (Å²) in [5.74, 6) is 2.61. The molecule has 0 aromatic carbocycles. The lowest BCUT2D eigenvalue weighted by Gasteiger charge is -2.30. The Morgan fingerprint density at radius 2 is 2.27 bits per heavy atom. The number of hydrogen-bond acceptors (Lipinski definition) is 6. The standard InChI is InChI=1S/C16H22N4O2/c1-11(2)8-14-18-16(22-19-14)12-5-6-15(17-9-12)20-7-3-4-13(21)10-20/h5-6,9,11,13,21H,3-4,7-8,10H2,1-2H3. The summed E-state index contributed by atoms with van der Waals surface area (Å²) >= 11 is 0. The van der Waals surface area contributed by atoms with Crippen molar-refractivity contribution in [1.82, 2.24) is 15.1 Å². The van der Waals surface area contributed by atoms with Crippen molar-refractivity contribution in [3.63, 3.8) is 0 Å². The van der Waals surface area contributed by atoms with Gasteiger partial charge in [0.2, 0.25) is 0 Å². The Kier molecular flexibility index (Phi) is 4.38. The van der Waals surface area contributed by atoms with Crippen LogP contribution in [0.15, 0.2) is 22.9 Å². The van der Waals surface area contributed by atoms with Crippen LogP contribution >= 0.6 is 0 Å². The van der Waals surface area contributed by atoms with Crippen LogP contribution in [0, 0.1) is 5.92 Å².